The number of carbonyl (C=O) groups excluding carboxylic acids is 1. The predicted molar refractivity (Wildman–Crippen MR) is 95.9 cm³/mol. The molecule has 0 aliphatic rings. The molecule has 0 spiro atoms. The number of rotatable bonds is 6. The molecule has 24 heavy (non-hydrogen) atoms. The van der Waals surface area contributed by atoms with E-state index in [1.165, 1.54) is 27.4 Å². The van der Waals surface area contributed by atoms with E-state index in [9.17, 15) is 4.79 Å². The first-order valence-electron chi connectivity index (χ1n) is 6.98. The highest BCUT2D eigenvalue weighted by molar-refractivity contribution is 6.42. The van der Waals surface area contributed by atoms with Gasteiger partial charge in [-0.3, -0.25) is 4.79 Å². The van der Waals surface area contributed by atoms with Gasteiger partial charge >= 0.3 is 0 Å². The van der Waals surface area contributed by atoms with E-state index >= 15 is 0 Å². The molecule has 0 aliphatic heterocycles. The van der Waals surface area contributed by atoms with E-state index < -0.39 is 0 Å². The fourth-order valence-corrected chi connectivity index (χ4v) is 2.48. The second-order valence-corrected chi connectivity index (χ2v) is 5.57. The van der Waals surface area contributed by atoms with E-state index in [1.54, 1.807) is 36.4 Å². The number of methoxy groups -OCH3 is 3. The minimum atomic E-state index is -0.237. The van der Waals surface area contributed by atoms with Crippen LogP contribution in [0.15, 0.2) is 36.4 Å². The van der Waals surface area contributed by atoms with Gasteiger partial charge in [-0.2, -0.15) is 0 Å². The van der Waals surface area contributed by atoms with Gasteiger partial charge in [0.1, 0.15) is 0 Å². The van der Waals surface area contributed by atoms with Gasteiger partial charge in [-0.1, -0.05) is 35.3 Å². The topological polar surface area (TPSA) is 44.8 Å². The molecule has 0 radical (unpaired) electrons. The lowest BCUT2D eigenvalue weighted by molar-refractivity contribution is 0.104. The van der Waals surface area contributed by atoms with E-state index in [0.717, 1.165) is 5.56 Å². The molecule has 2 aromatic rings. The Kier molecular flexibility index (Phi) is 6.12. The Morgan fingerprint density at radius 2 is 1.62 bits per heavy atom. The molecule has 0 aliphatic carbocycles. The lowest BCUT2D eigenvalue weighted by Gasteiger charge is -2.14. The van der Waals surface area contributed by atoms with E-state index in [2.05, 4.69) is 0 Å². The highest BCUT2D eigenvalue weighted by Gasteiger charge is 2.19. The average Bonchev–Trinajstić information content (AvgIpc) is 2.60. The van der Waals surface area contributed by atoms with Gasteiger partial charge in [-0.05, 0) is 35.9 Å². The minimum Gasteiger partial charge on any atom is -0.493 e. The molecule has 126 valence electrons. The minimum absolute atomic E-state index is 0.237. The van der Waals surface area contributed by atoms with Crippen molar-refractivity contribution in [3.05, 3.63) is 57.6 Å². The summed E-state index contributed by atoms with van der Waals surface area (Å²) in [5.41, 5.74) is 1.13. The second-order valence-electron chi connectivity index (χ2n) is 4.75. The summed E-state index contributed by atoms with van der Waals surface area (Å²) in [6.45, 7) is 0. The summed E-state index contributed by atoms with van der Waals surface area (Å²) in [5, 5.41) is 0.886. The van der Waals surface area contributed by atoms with E-state index in [0.29, 0.717) is 32.9 Å². The molecular formula is C18H16Cl2O4. The quantitative estimate of drug-likeness (QED) is 0.537. The molecule has 0 N–H and O–H groups in total. The summed E-state index contributed by atoms with van der Waals surface area (Å²) in [5.74, 6) is 0.938. The summed E-state index contributed by atoms with van der Waals surface area (Å²) in [4.78, 5) is 12.5. The zero-order valence-corrected chi connectivity index (χ0v) is 14.9. The average molecular weight is 367 g/mol. The summed E-state index contributed by atoms with van der Waals surface area (Å²) in [6.07, 6.45) is 3.09. The van der Waals surface area contributed by atoms with Crippen molar-refractivity contribution in [3.63, 3.8) is 0 Å². The standard InChI is InChI=1S/C18H16Cl2O4/c1-22-16-9-6-12(17(23-2)18(16)24-3)15(21)8-5-11-4-7-13(19)14(20)10-11/h4-10H,1-3H3/b8-5+. The second kappa shape index (κ2) is 8.08. The zero-order chi connectivity index (χ0) is 17.7. The van der Waals surface area contributed by atoms with E-state index in [-0.39, 0.29) is 5.78 Å². The van der Waals surface area contributed by atoms with Gasteiger partial charge in [-0.25, -0.2) is 0 Å². The molecule has 0 saturated carbocycles. The molecule has 0 heterocycles. The number of benzene rings is 2. The molecule has 0 fully saturated rings. The first-order valence-corrected chi connectivity index (χ1v) is 7.73. The maximum atomic E-state index is 12.5. The fourth-order valence-electron chi connectivity index (χ4n) is 2.17. The number of hydrogen-bond donors (Lipinski definition) is 0. The summed E-state index contributed by atoms with van der Waals surface area (Å²) in [7, 11) is 4.47. The van der Waals surface area contributed by atoms with E-state index in [4.69, 9.17) is 37.4 Å². The van der Waals surface area contributed by atoms with Crippen LogP contribution >= 0.6 is 23.2 Å². The normalized spacial score (nSPS) is 10.7. The zero-order valence-electron chi connectivity index (χ0n) is 13.4. The largest absolute Gasteiger partial charge is 0.493 e. The molecule has 0 aromatic heterocycles. The first kappa shape index (κ1) is 18.2. The summed E-state index contributed by atoms with van der Waals surface area (Å²) in [6, 6.07) is 8.40. The van der Waals surface area contributed by atoms with Crippen molar-refractivity contribution in [2.45, 2.75) is 0 Å². The summed E-state index contributed by atoms with van der Waals surface area (Å²) < 4.78 is 15.8. The SMILES string of the molecule is COc1ccc(C(=O)/C=C/c2ccc(Cl)c(Cl)c2)c(OC)c1OC. The molecule has 0 bridgehead atoms. The highest BCUT2D eigenvalue weighted by atomic mass is 35.5. The van der Waals surface area contributed by atoms with Crippen LogP contribution in [0.25, 0.3) is 6.08 Å². The van der Waals surface area contributed by atoms with E-state index in [1.807, 2.05) is 0 Å². The van der Waals surface area contributed by atoms with Crippen LogP contribution in [-0.4, -0.2) is 27.1 Å². The summed E-state index contributed by atoms with van der Waals surface area (Å²) >= 11 is 11.8. The Morgan fingerprint density at radius 1 is 0.917 bits per heavy atom. The molecule has 2 rings (SSSR count). The maximum absolute atomic E-state index is 12.5. The number of carbonyl (C=O) groups is 1. The number of hydrogen-bond acceptors (Lipinski definition) is 4. The van der Waals surface area contributed by atoms with Gasteiger partial charge in [-0.15, -0.1) is 0 Å². The molecule has 0 saturated heterocycles. The number of allylic oxidation sites excluding steroid dienone is 1. The molecule has 4 nitrogen and oxygen atoms in total. The van der Waals surface area contributed by atoms with Crippen molar-refractivity contribution in [2.24, 2.45) is 0 Å². The smallest absolute Gasteiger partial charge is 0.204 e. The van der Waals surface area contributed by atoms with Gasteiger partial charge in [0.25, 0.3) is 0 Å². The highest BCUT2D eigenvalue weighted by Crippen LogP contribution is 2.40. The molecule has 6 heteroatoms. The molecule has 0 amide bonds. The predicted octanol–water partition coefficient (Wildman–Crippen LogP) is 4.92. The van der Waals surface area contributed by atoms with Gasteiger partial charge in [0.15, 0.2) is 17.3 Å². The molecule has 0 unspecified atom stereocenters. The lowest BCUT2D eigenvalue weighted by atomic mass is 10.1. The Hall–Kier alpha value is -2.17. The third kappa shape index (κ3) is 3.83. The number of halogens is 2. The number of ketones is 1. The van der Waals surface area contributed by atoms with Crippen molar-refractivity contribution < 1.29 is 19.0 Å². The van der Waals surface area contributed by atoms with Crippen molar-refractivity contribution in [1.29, 1.82) is 0 Å². The monoisotopic (exact) mass is 366 g/mol. The Balaban J connectivity index is 2.35. The third-order valence-corrected chi connectivity index (χ3v) is 4.08. The Labute approximate surface area is 150 Å². The van der Waals surface area contributed by atoms with Gasteiger partial charge in [0.2, 0.25) is 5.75 Å². The lowest BCUT2D eigenvalue weighted by Crippen LogP contribution is -2.02. The van der Waals surface area contributed by atoms with Gasteiger partial charge in [0.05, 0.1) is 36.9 Å². The van der Waals surface area contributed by atoms with Crippen molar-refractivity contribution in [2.75, 3.05) is 21.3 Å². The molecule has 2 aromatic carbocycles. The van der Waals surface area contributed by atoms with Crippen LogP contribution in [0.3, 0.4) is 0 Å². The van der Waals surface area contributed by atoms with Crippen molar-refractivity contribution in [3.8, 4) is 17.2 Å². The molecule has 0 atom stereocenters. The van der Waals surface area contributed by atoms with Crippen LogP contribution in [0.2, 0.25) is 10.0 Å². The Morgan fingerprint density at radius 3 is 2.21 bits per heavy atom. The van der Waals surface area contributed by atoms with Crippen molar-refractivity contribution in [1.82, 2.24) is 0 Å². The fraction of sp³-hybridized carbons (Fsp3) is 0.167. The van der Waals surface area contributed by atoms with Gasteiger partial charge < -0.3 is 14.2 Å². The third-order valence-electron chi connectivity index (χ3n) is 3.34. The van der Waals surface area contributed by atoms with Crippen LogP contribution in [0, 0.1) is 0 Å². The maximum Gasteiger partial charge on any atom is 0.204 e. The van der Waals surface area contributed by atoms with Crippen LogP contribution in [0.1, 0.15) is 15.9 Å². The number of ether oxygens (including phenoxy) is 3. The van der Waals surface area contributed by atoms with Crippen LogP contribution < -0.4 is 14.2 Å². The van der Waals surface area contributed by atoms with Crippen LogP contribution in [0.4, 0.5) is 0 Å². The Bertz CT molecular complexity index is 785. The van der Waals surface area contributed by atoms with Crippen molar-refractivity contribution >= 4 is 35.1 Å². The van der Waals surface area contributed by atoms with Crippen LogP contribution in [-0.2, 0) is 0 Å². The van der Waals surface area contributed by atoms with Gasteiger partial charge in [0, 0.05) is 0 Å². The molecular weight excluding hydrogens is 351 g/mol. The first-order chi connectivity index (χ1) is 11.5. The van der Waals surface area contributed by atoms with Crippen LogP contribution in [0.5, 0.6) is 17.2 Å².